The van der Waals surface area contributed by atoms with Gasteiger partial charge in [0, 0.05) is 36.4 Å². The van der Waals surface area contributed by atoms with E-state index in [1.807, 2.05) is 25.1 Å². The Hall–Kier alpha value is 0.0900. The Labute approximate surface area is 152 Å². The summed E-state index contributed by atoms with van der Waals surface area (Å²) in [5.41, 5.74) is 1.75. The van der Waals surface area contributed by atoms with Gasteiger partial charge in [0.2, 0.25) is 0 Å². The van der Waals surface area contributed by atoms with Gasteiger partial charge in [0.05, 0.1) is 12.0 Å². The van der Waals surface area contributed by atoms with E-state index in [0.717, 1.165) is 28.0 Å². The lowest BCUT2D eigenvalue weighted by atomic mass is 10.2. The molecule has 4 nitrogen and oxygen atoms in total. The summed E-state index contributed by atoms with van der Waals surface area (Å²) in [5.74, 6) is -0.955. The molecule has 0 amide bonds. The van der Waals surface area contributed by atoms with E-state index in [2.05, 4.69) is 72.8 Å². The van der Waals surface area contributed by atoms with Crippen LogP contribution in [0.1, 0.15) is 5.56 Å². The fourth-order valence-electron chi connectivity index (χ4n) is 1.19. The van der Waals surface area contributed by atoms with Crippen molar-refractivity contribution in [3.05, 3.63) is 28.4 Å². The van der Waals surface area contributed by atoms with E-state index in [-0.39, 0.29) is 0 Å². The summed E-state index contributed by atoms with van der Waals surface area (Å²) in [4.78, 5) is 16.9. The minimum absolute atomic E-state index is 0.861. The summed E-state index contributed by atoms with van der Waals surface area (Å²) < 4.78 is 2.99. The molecule has 0 atom stereocenters. The number of carboxylic acid groups (broad SMARTS) is 1. The molecule has 0 radical (unpaired) electrons. The number of nitrogens with zero attached hydrogens (tertiary/aromatic N) is 2. The van der Waals surface area contributed by atoms with Crippen molar-refractivity contribution >= 4 is 91.8 Å². The predicted octanol–water partition coefficient (Wildman–Crippen LogP) is 3.82. The van der Waals surface area contributed by atoms with Gasteiger partial charge >= 0.3 is 5.97 Å². The second-order valence-electron chi connectivity index (χ2n) is 3.80. The average Bonchev–Trinajstić information content (AvgIpc) is 2.27. The summed E-state index contributed by atoms with van der Waals surface area (Å²) in [6, 6.07) is 1.99. The maximum absolute atomic E-state index is 10.6. The van der Waals surface area contributed by atoms with Crippen LogP contribution in [0.25, 0.3) is 6.08 Å². The van der Waals surface area contributed by atoms with Crippen LogP contribution in [0.5, 0.6) is 0 Å². The van der Waals surface area contributed by atoms with Crippen molar-refractivity contribution < 1.29 is 9.90 Å². The maximum atomic E-state index is 10.6. The smallest absolute Gasteiger partial charge is 0.328 e. The summed E-state index contributed by atoms with van der Waals surface area (Å²) in [5, 5.41) is 8.73. The Morgan fingerprint density at radius 2 is 1.95 bits per heavy atom. The standard InChI is InChI=1S/C12H11I3N2O2/c1-17(2)6-16-12-9(14)5-8(13)7(11(12)15)3-4-10(18)19/h3-6H,1-2H3,(H,18,19)/b4-3+,16-6?. The molecule has 0 aliphatic carbocycles. The molecule has 1 aromatic carbocycles. The minimum atomic E-state index is -0.955. The Kier molecular flexibility index (Phi) is 7.00. The molecular formula is C12H11I3N2O2. The Morgan fingerprint density at radius 1 is 1.32 bits per heavy atom. The highest BCUT2D eigenvalue weighted by Crippen LogP contribution is 2.34. The van der Waals surface area contributed by atoms with Gasteiger partial charge in [0.25, 0.3) is 0 Å². The van der Waals surface area contributed by atoms with E-state index < -0.39 is 5.97 Å². The number of carbonyl (C=O) groups is 1. The zero-order chi connectivity index (χ0) is 14.6. The number of rotatable bonds is 4. The highest BCUT2D eigenvalue weighted by molar-refractivity contribution is 14.1. The van der Waals surface area contributed by atoms with Gasteiger partial charge in [-0.1, -0.05) is 0 Å². The number of carboxylic acids is 1. The first-order chi connectivity index (χ1) is 8.82. The SMILES string of the molecule is CN(C)C=Nc1c(I)cc(I)c(/C=C/C(=O)O)c1I. The molecule has 19 heavy (non-hydrogen) atoms. The van der Waals surface area contributed by atoms with E-state index >= 15 is 0 Å². The highest BCUT2D eigenvalue weighted by Gasteiger charge is 2.11. The number of hydrogen-bond donors (Lipinski definition) is 1. The highest BCUT2D eigenvalue weighted by atomic mass is 127. The summed E-state index contributed by atoms with van der Waals surface area (Å²) in [6.07, 6.45) is 4.49. The molecule has 1 N–H and O–H groups in total. The van der Waals surface area contributed by atoms with Gasteiger partial charge in [-0.3, -0.25) is 0 Å². The molecule has 0 aliphatic rings. The number of hydrogen-bond acceptors (Lipinski definition) is 2. The molecule has 1 rings (SSSR count). The van der Waals surface area contributed by atoms with Gasteiger partial charge in [-0.15, -0.1) is 0 Å². The van der Waals surface area contributed by atoms with E-state index in [4.69, 9.17) is 5.11 Å². The predicted molar refractivity (Wildman–Crippen MR) is 103 cm³/mol. The molecule has 0 aliphatic heterocycles. The minimum Gasteiger partial charge on any atom is -0.478 e. The van der Waals surface area contributed by atoms with E-state index in [1.54, 1.807) is 12.4 Å². The summed E-state index contributed by atoms with van der Waals surface area (Å²) in [6.45, 7) is 0. The van der Waals surface area contributed by atoms with Gasteiger partial charge < -0.3 is 10.0 Å². The van der Waals surface area contributed by atoms with Crippen LogP contribution in [0.4, 0.5) is 5.69 Å². The second kappa shape index (κ2) is 7.76. The zero-order valence-electron chi connectivity index (χ0n) is 10.2. The monoisotopic (exact) mass is 596 g/mol. The van der Waals surface area contributed by atoms with Crippen molar-refractivity contribution in [2.45, 2.75) is 0 Å². The van der Waals surface area contributed by atoms with Crippen LogP contribution in [0, 0.1) is 10.7 Å². The van der Waals surface area contributed by atoms with Gasteiger partial charge in [0.1, 0.15) is 0 Å². The molecule has 0 unspecified atom stereocenters. The van der Waals surface area contributed by atoms with Crippen LogP contribution in [0.2, 0.25) is 0 Å². The van der Waals surface area contributed by atoms with E-state index in [1.165, 1.54) is 0 Å². The Morgan fingerprint density at radius 3 is 2.47 bits per heavy atom. The van der Waals surface area contributed by atoms with Crippen LogP contribution >= 0.6 is 67.8 Å². The van der Waals surface area contributed by atoms with Crippen molar-refractivity contribution in [1.29, 1.82) is 0 Å². The second-order valence-corrected chi connectivity index (χ2v) is 7.20. The summed E-state index contributed by atoms with van der Waals surface area (Å²) in [7, 11) is 3.81. The third kappa shape index (κ3) is 5.17. The van der Waals surface area contributed by atoms with Crippen molar-refractivity contribution in [3.63, 3.8) is 0 Å². The number of aliphatic imine (C=N–C) groups is 1. The van der Waals surface area contributed by atoms with Crippen molar-refractivity contribution in [2.24, 2.45) is 4.99 Å². The molecule has 0 bridgehead atoms. The molecule has 0 heterocycles. The molecule has 1 aromatic rings. The number of aliphatic carboxylic acids is 1. The van der Waals surface area contributed by atoms with Crippen LogP contribution in [-0.2, 0) is 4.79 Å². The van der Waals surface area contributed by atoms with Crippen molar-refractivity contribution in [3.8, 4) is 0 Å². The fraction of sp³-hybridized carbons (Fsp3) is 0.167. The molecule has 0 saturated heterocycles. The average molecular weight is 596 g/mol. The van der Waals surface area contributed by atoms with Crippen molar-refractivity contribution in [2.75, 3.05) is 14.1 Å². The molecule has 102 valence electrons. The van der Waals surface area contributed by atoms with Crippen LogP contribution in [-0.4, -0.2) is 36.4 Å². The first-order valence-electron chi connectivity index (χ1n) is 5.12. The molecule has 0 saturated carbocycles. The molecule has 7 heteroatoms. The largest absolute Gasteiger partial charge is 0.478 e. The normalized spacial score (nSPS) is 11.4. The lowest BCUT2D eigenvalue weighted by Gasteiger charge is -2.10. The zero-order valence-corrected chi connectivity index (χ0v) is 16.7. The molecular weight excluding hydrogens is 585 g/mol. The third-order valence-electron chi connectivity index (χ3n) is 1.99. The number of halogens is 3. The van der Waals surface area contributed by atoms with Gasteiger partial charge in [-0.25, -0.2) is 9.79 Å². The topological polar surface area (TPSA) is 52.9 Å². The first-order valence-corrected chi connectivity index (χ1v) is 8.35. The van der Waals surface area contributed by atoms with Gasteiger partial charge in [-0.05, 0) is 79.9 Å². The first kappa shape index (κ1) is 17.1. The molecule has 0 aromatic heterocycles. The number of benzene rings is 1. The Bertz CT molecular complexity index is 554. The van der Waals surface area contributed by atoms with Crippen LogP contribution < -0.4 is 0 Å². The Balaban J connectivity index is 3.34. The fourth-order valence-corrected chi connectivity index (χ4v) is 5.20. The molecule has 0 spiro atoms. The van der Waals surface area contributed by atoms with Gasteiger partial charge in [-0.2, -0.15) is 0 Å². The van der Waals surface area contributed by atoms with Crippen LogP contribution in [0.3, 0.4) is 0 Å². The van der Waals surface area contributed by atoms with Crippen LogP contribution in [0.15, 0.2) is 17.1 Å². The quantitative estimate of drug-likeness (QED) is 0.249. The van der Waals surface area contributed by atoms with Gasteiger partial charge in [0.15, 0.2) is 0 Å². The lowest BCUT2D eigenvalue weighted by Crippen LogP contribution is -2.07. The lowest BCUT2D eigenvalue weighted by molar-refractivity contribution is -0.131. The van der Waals surface area contributed by atoms with Crippen molar-refractivity contribution in [1.82, 2.24) is 4.90 Å². The van der Waals surface area contributed by atoms with E-state index in [9.17, 15) is 4.79 Å². The summed E-state index contributed by atoms with van der Waals surface area (Å²) >= 11 is 6.64. The van der Waals surface area contributed by atoms with E-state index in [0.29, 0.717) is 0 Å². The molecule has 0 fully saturated rings. The maximum Gasteiger partial charge on any atom is 0.328 e. The third-order valence-corrected chi connectivity index (χ3v) is 4.80.